The van der Waals surface area contributed by atoms with Crippen molar-refractivity contribution in [2.75, 3.05) is 0 Å². The first-order valence-corrected chi connectivity index (χ1v) is 14.4. The van der Waals surface area contributed by atoms with Gasteiger partial charge in [0, 0.05) is 22.3 Å². The fourth-order valence-corrected chi connectivity index (χ4v) is 6.30. The molecular weight excluding hydrogens is 535 g/mol. The van der Waals surface area contributed by atoms with E-state index in [0.29, 0.717) is 33.0 Å². The Hall–Kier alpha value is -5.03. The number of carbonyl (C=O) groups excluding carboxylic acids is 2. The van der Waals surface area contributed by atoms with Gasteiger partial charge in [-0.1, -0.05) is 109 Å². The molecule has 0 fully saturated rings. The number of hydrogen-bond donors (Lipinski definition) is 1. The highest BCUT2D eigenvalue weighted by atomic mass is 31.2. The van der Waals surface area contributed by atoms with Gasteiger partial charge in [-0.25, -0.2) is 4.57 Å². The van der Waals surface area contributed by atoms with Crippen LogP contribution < -0.4 is 9.05 Å². The zero-order chi connectivity index (χ0) is 28.1. The predicted octanol–water partition coefficient (Wildman–Crippen LogP) is 7.99. The van der Waals surface area contributed by atoms with Crippen molar-refractivity contribution in [2.24, 2.45) is 0 Å². The summed E-state index contributed by atoms with van der Waals surface area (Å²) in [6.07, 6.45) is 0. The molecule has 6 aromatic carbocycles. The fraction of sp³-hybridized carbons (Fsp3) is 0. The van der Waals surface area contributed by atoms with Gasteiger partial charge in [-0.2, -0.15) is 0 Å². The minimum absolute atomic E-state index is 0.0726. The smallest absolute Gasteiger partial charge is 0.394 e. The molecule has 6 nitrogen and oxygen atoms in total. The number of fused-ring (bicyclic) bond motifs is 7. The average Bonchev–Trinajstić information content (AvgIpc) is 3.13. The van der Waals surface area contributed by atoms with Crippen molar-refractivity contribution in [3.05, 3.63) is 144 Å². The van der Waals surface area contributed by atoms with Crippen molar-refractivity contribution in [1.82, 2.24) is 0 Å². The molecule has 0 atom stereocenters. The van der Waals surface area contributed by atoms with Crippen molar-refractivity contribution in [2.45, 2.75) is 0 Å². The van der Waals surface area contributed by atoms with Crippen LogP contribution in [0, 0.1) is 0 Å². The van der Waals surface area contributed by atoms with Crippen LogP contribution in [0.5, 0.6) is 11.5 Å². The minimum Gasteiger partial charge on any atom is -0.394 e. The molecule has 0 amide bonds. The Labute approximate surface area is 235 Å². The second-order valence-corrected chi connectivity index (χ2v) is 11.0. The third-order valence-corrected chi connectivity index (χ3v) is 8.05. The van der Waals surface area contributed by atoms with E-state index in [2.05, 4.69) is 0 Å². The van der Waals surface area contributed by atoms with Crippen LogP contribution in [-0.4, -0.2) is 16.5 Å². The second kappa shape index (κ2) is 9.56. The van der Waals surface area contributed by atoms with Crippen LogP contribution in [0.3, 0.4) is 0 Å². The van der Waals surface area contributed by atoms with Crippen molar-refractivity contribution in [3.63, 3.8) is 0 Å². The molecule has 1 aliphatic heterocycles. The Bertz CT molecular complexity index is 1920. The largest absolute Gasteiger partial charge is 0.584 e. The van der Waals surface area contributed by atoms with Crippen molar-refractivity contribution >= 4 is 40.9 Å². The van der Waals surface area contributed by atoms with Crippen LogP contribution in [-0.2, 0) is 4.57 Å². The molecule has 0 radical (unpaired) electrons. The van der Waals surface area contributed by atoms with E-state index in [0.717, 1.165) is 10.8 Å². The molecule has 0 saturated carbocycles. The summed E-state index contributed by atoms with van der Waals surface area (Å²) in [5.74, 6) is -0.901. The Kier molecular flexibility index (Phi) is 5.82. The molecule has 198 valence electrons. The van der Waals surface area contributed by atoms with Crippen LogP contribution in [0.4, 0.5) is 0 Å². The first-order chi connectivity index (χ1) is 19.9. The van der Waals surface area contributed by atoms with E-state index in [-0.39, 0.29) is 34.2 Å². The molecule has 1 aliphatic rings. The van der Waals surface area contributed by atoms with E-state index < -0.39 is 7.82 Å². The summed E-state index contributed by atoms with van der Waals surface area (Å²) in [6, 6.07) is 35.4. The fourth-order valence-electron chi connectivity index (χ4n) is 5.42. The second-order valence-electron chi connectivity index (χ2n) is 9.74. The normalized spacial score (nSPS) is 13.4. The van der Waals surface area contributed by atoms with E-state index >= 15 is 0 Å². The first kappa shape index (κ1) is 25.0. The minimum atomic E-state index is -4.87. The van der Waals surface area contributed by atoms with Gasteiger partial charge in [0.25, 0.3) is 0 Å². The number of carbonyl (C=O) groups is 2. The highest BCUT2D eigenvalue weighted by Gasteiger charge is 2.39. The van der Waals surface area contributed by atoms with Crippen LogP contribution >= 0.6 is 7.82 Å². The number of ketones is 2. The predicted molar refractivity (Wildman–Crippen MR) is 158 cm³/mol. The topological polar surface area (TPSA) is 89.9 Å². The van der Waals surface area contributed by atoms with Crippen molar-refractivity contribution < 1.29 is 28.1 Å². The Morgan fingerprint density at radius 3 is 1.32 bits per heavy atom. The highest BCUT2D eigenvalue weighted by molar-refractivity contribution is 7.48. The van der Waals surface area contributed by atoms with E-state index in [1.807, 2.05) is 48.5 Å². The van der Waals surface area contributed by atoms with E-state index in [1.165, 1.54) is 0 Å². The molecular formula is C34H21O6P. The van der Waals surface area contributed by atoms with Crippen LogP contribution in [0.15, 0.2) is 121 Å². The maximum atomic E-state index is 13.9. The molecule has 7 heteroatoms. The lowest BCUT2D eigenvalue weighted by Crippen LogP contribution is -2.07. The molecule has 0 aliphatic carbocycles. The summed E-state index contributed by atoms with van der Waals surface area (Å²) < 4.78 is 25.1. The number of hydrogen-bond acceptors (Lipinski definition) is 5. The van der Waals surface area contributed by atoms with Gasteiger partial charge in [-0.15, -0.1) is 0 Å². The van der Waals surface area contributed by atoms with Gasteiger partial charge in [-0.05, 0) is 33.7 Å². The lowest BCUT2D eigenvalue weighted by molar-refractivity contribution is 0.103. The molecule has 0 aromatic heterocycles. The lowest BCUT2D eigenvalue weighted by Gasteiger charge is -2.18. The molecule has 0 bridgehead atoms. The van der Waals surface area contributed by atoms with Gasteiger partial charge < -0.3 is 9.05 Å². The standard InChI is InChI=1S/C34H21O6P/c35-31(21-11-3-1-4-12-21)27-19-23-15-7-9-17-25(23)29-30-26-18-10-8-16-24(26)20-28(32(36)22-13-5-2-6-14-22)34(30)40-41(37,38)39-33(27)29/h1-20H,(H,37,38). The molecule has 0 saturated heterocycles. The third-order valence-electron chi connectivity index (χ3n) is 7.23. The molecule has 6 aromatic rings. The van der Waals surface area contributed by atoms with E-state index in [9.17, 15) is 19.0 Å². The maximum Gasteiger partial charge on any atom is 0.584 e. The summed E-state index contributed by atoms with van der Waals surface area (Å²) in [4.78, 5) is 38.8. The highest BCUT2D eigenvalue weighted by Crippen LogP contribution is 2.59. The monoisotopic (exact) mass is 556 g/mol. The van der Waals surface area contributed by atoms with Crippen LogP contribution in [0.2, 0.25) is 0 Å². The quantitative estimate of drug-likeness (QED) is 0.175. The maximum absolute atomic E-state index is 13.9. The van der Waals surface area contributed by atoms with Gasteiger partial charge >= 0.3 is 7.82 Å². The molecule has 1 heterocycles. The summed E-state index contributed by atoms with van der Waals surface area (Å²) in [6.45, 7) is 0. The SMILES string of the molecule is O=C(c1ccccc1)c1cc2ccccc2c2c1OP(=O)(O)Oc1c(C(=O)c3ccccc3)cc3ccccc3c1-2. The van der Waals surface area contributed by atoms with E-state index in [1.54, 1.807) is 72.8 Å². The molecule has 1 N–H and O–H groups in total. The van der Waals surface area contributed by atoms with Gasteiger partial charge in [0.2, 0.25) is 0 Å². The zero-order valence-electron chi connectivity index (χ0n) is 21.5. The van der Waals surface area contributed by atoms with E-state index in [4.69, 9.17) is 9.05 Å². The van der Waals surface area contributed by atoms with Gasteiger partial charge in [-0.3, -0.25) is 14.5 Å². The lowest BCUT2D eigenvalue weighted by atomic mass is 9.86. The zero-order valence-corrected chi connectivity index (χ0v) is 22.4. The third kappa shape index (κ3) is 4.21. The van der Waals surface area contributed by atoms with Crippen molar-refractivity contribution in [1.29, 1.82) is 0 Å². The molecule has 41 heavy (non-hydrogen) atoms. The Balaban J connectivity index is 1.65. The van der Waals surface area contributed by atoms with Gasteiger partial charge in [0.05, 0.1) is 11.1 Å². The summed E-state index contributed by atoms with van der Waals surface area (Å²) in [7, 11) is -4.87. The molecule has 0 unspecified atom stereocenters. The number of rotatable bonds is 4. The Morgan fingerprint density at radius 1 is 0.537 bits per heavy atom. The molecule has 7 rings (SSSR count). The van der Waals surface area contributed by atoms with Crippen molar-refractivity contribution in [3.8, 4) is 22.6 Å². The summed E-state index contributed by atoms with van der Waals surface area (Å²) in [5, 5.41) is 2.79. The average molecular weight is 557 g/mol. The van der Waals surface area contributed by atoms with Gasteiger partial charge in [0.15, 0.2) is 23.1 Å². The number of phosphoric acid groups is 1. The van der Waals surface area contributed by atoms with Gasteiger partial charge in [0.1, 0.15) is 0 Å². The summed E-state index contributed by atoms with van der Waals surface area (Å²) >= 11 is 0. The van der Waals surface area contributed by atoms with Crippen LogP contribution in [0.25, 0.3) is 32.7 Å². The first-order valence-electron chi connectivity index (χ1n) is 12.9. The number of phosphoric ester groups is 1. The Morgan fingerprint density at radius 2 is 0.902 bits per heavy atom. The van der Waals surface area contributed by atoms with Crippen LogP contribution in [0.1, 0.15) is 31.8 Å². The summed E-state index contributed by atoms with van der Waals surface area (Å²) in [5.41, 5.74) is 1.82. The molecule has 0 spiro atoms. The number of benzene rings is 6.